The Balaban J connectivity index is 2.09. The summed E-state index contributed by atoms with van der Waals surface area (Å²) < 4.78 is 11.1. The molecule has 0 aromatic carbocycles. The van der Waals surface area contributed by atoms with Gasteiger partial charge in [-0.3, -0.25) is 19.2 Å². The van der Waals surface area contributed by atoms with E-state index in [1.807, 2.05) is 0 Å². The van der Waals surface area contributed by atoms with Crippen LogP contribution in [0.3, 0.4) is 0 Å². The molecular formula is C28H36N2O7. The van der Waals surface area contributed by atoms with Gasteiger partial charge in [-0.1, -0.05) is 32.4 Å². The van der Waals surface area contributed by atoms with Gasteiger partial charge in [0.25, 0.3) is 11.5 Å². The number of pyridine rings is 1. The highest BCUT2D eigenvalue weighted by molar-refractivity contribution is 5.98. The number of Topliss-reactive ketones (excluding diaryl/α,β-unsaturated/α-hetero) is 2. The summed E-state index contributed by atoms with van der Waals surface area (Å²) in [4.78, 5) is 62.5. The first-order valence-corrected chi connectivity index (χ1v) is 12.6. The van der Waals surface area contributed by atoms with Crippen LogP contribution >= 0.6 is 0 Å². The molecule has 1 atom stereocenters. The van der Waals surface area contributed by atoms with Crippen molar-refractivity contribution in [1.82, 2.24) is 9.88 Å². The van der Waals surface area contributed by atoms with Crippen molar-refractivity contribution in [2.45, 2.75) is 71.9 Å². The van der Waals surface area contributed by atoms with Gasteiger partial charge in [0.1, 0.15) is 6.26 Å². The zero-order valence-electron chi connectivity index (χ0n) is 21.7. The van der Waals surface area contributed by atoms with Crippen LogP contribution in [0.5, 0.6) is 0 Å². The van der Waals surface area contributed by atoms with E-state index in [4.69, 9.17) is 9.15 Å². The molecule has 0 aliphatic heterocycles. The Morgan fingerprint density at radius 1 is 1.16 bits per heavy atom. The van der Waals surface area contributed by atoms with Gasteiger partial charge in [0, 0.05) is 30.7 Å². The van der Waals surface area contributed by atoms with Crippen molar-refractivity contribution >= 4 is 23.4 Å². The van der Waals surface area contributed by atoms with E-state index >= 15 is 0 Å². The van der Waals surface area contributed by atoms with E-state index in [9.17, 15) is 24.0 Å². The maximum atomic E-state index is 13.2. The molecule has 0 aliphatic rings. The smallest absolute Gasteiger partial charge is 0.330 e. The molecular weight excluding hydrogens is 476 g/mol. The molecule has 2 rings (SSSR count). The summed E-state index contributed by atoms with van der Waals surface area (Å²) in [5, 5.41) is 2.69. The highest BCUT2D eigenvalue weighted by Gasteiger charge is 2.23. The molecule has 2 aromatic rings. The molecule has 0 saturated carbocycles. The summed E-state index contributed by atoms with van der Waals surface area (Å²) in [5.74, 6) is -0.868. The fraction of sp³-hybridized carbons (Fsp3) is 0.464. The lowest BCUT2D eigenvalue weighted by Gasteiger charge is -2.17. The second-order valence-electron chi connectivity index (χ2n) is 9.20. The van der Waals surface area contributed by atoms with Crippen LogP contribution < -0.4 is 10.9 Å². The maximum absolute atomic E-state index is 13.2. The predicted octanol–water partition coefficient (Wildman–Crippen LogP) is 3.65. The first-order chi connectivity index (χ1) is 17.7. The summed E-state index contributed by atoms with van der Waals surface area (Å²) in [5.41, 5.74) is 0.0974. The van der Waals surface area contributed by atoms with E-state index in [0.29, 0.717) is 18.8 Å². The van der Waals surface area contributed by atoms with Gasteiger partial charge < -0.3 is 19.0 Å². The summed E-state index contributed by atoms with van der Waals surface area (Å²) in [6.07, 6.45) is 9.44. The Morgan fingerprint density at radius 3 is 2.62 bits per heavy atom. The Labute approximate surface area is 216 Å². The summed E-state index contributed by atoms with van der Waals surface area (Å²) in [6, 6.07) is 3.76. The molecule has 2 aromatic heterocycles. The summed E-state index contributed by atoms with van der Waals surface area (Å²) >= 11 is 0. The number of hydrogen-bond acceptors (Lipinski definition) is 7. The number of ketones is 2. The van der Waals surface area contributed by atoms with Crippen LogP contribution in [0.2, 0.25) is 0 Å². The minimum Gasteiger partial charge on any atom is -0.472 e. The highest BCUT2D eigenvalue weighted by atomic mass is 16.5. The number of nitrogens with zero attached hydrogens (tertiary/aromatic N) is 1. The van der Waals surface area contributed by atoms with Crippen LogP contribution in [-0.2, 0) is 32.1 Å². The average molecular weight is 513 g/mol. The van der Waals surface area contributed by atoms with Gasteiger partial charge in [-0.15, -0.1) is 0 Å². The van der Waals surface area contributed by atoms with E-state index in [1.165, 1.54) is 35.4 Å². The number of nitrogens with one attached hydrogen (secondary N) is 1. The van der Waals surface area contributed by atoms with Crippen molar-refractivity contribution in [3.05, 3.63) is 70.6 Å². The van der Waals surface area contributed by atoms with Gasteiger partial charge in [-0.2, -0.15) is 0 Å². The Kier molecular flexibility index (Phi) is 12.3. The molecule has 9 heteroatoms. The second-order valence-corrected chi connectivity index (χ2v) is 9.20. The Morgan fingerprint density at radius 2 is 1.95 bits per heavy atom. The minimum absolute atomic E-state index is 0.0372. The fourth-order valence-corrected chi connectivity index (χ4v) is 3.71. The van der Waals surface area contributed by atoms with Crippen molar-refractivity contribution in [3.8, 4) is 0 Å². The third-order valence-electron chi connectivity index (χ3n) is 5.69. The van der Waals surface area contributed by atoms with Gasteiger partial charge in [0.15, 0.2) is 11.6 Å². The topological polar surface area (TPSA) is 125 Å². The zero-order valence-corrected chi connectivity index (χ0v) is 21.7. The largest absolute Gasteiger partial charge is 0.472 e. The van der Waals surface area contributed by atoms with Crippen molar-refractivity contribution < 1.29 is 28.3 Å². The number of rotatable bonds is 16. The maximum Gasteiger partial charge on any atom is 0.330 e. The third-order valence-corrected chi connectivity index (χ3v) is 5.69. The molecule has 37 heavy (non-hydrogen) atoms. The van der Waals surface area contributed by atoms with Gasteiger partial charge in [-0.05, 0) is 44.2 Å². The standard InChI is InChI=1S/C28H36N2O7/c1-4-37-26(33)13-6-5-12-24(29-27(34)22-14-16-36-19-22)25(32)17-21-10-8-15-30(28(21)35)18-23(31)11-7-9-20(2)3/h6,8,10,13-16,19-20,24H,4-5,7,9,11-12,17-18H2,1-3H3,(H,29,34)/b13-6+/t24-/m0/s1. The lowest BCUT2D eigenvalue weighted by atomic mass is 10.00. The Hall–Kier alpha value is -3.75. The first kappa shape index (κ1) is 29.5. The molecule has 0 saturated heterocycles. The zero-order chi connectivity index (χ0) is 27.2. The van der Waals surface area contributed by atoms with Crippen LogP contribution in [-0.4, -0.2) is 40.7 Å². The van der Waals surface area contributed by atoms with E-state index in [1.54, 1.807) is 25.1 Å². The van der Waals surface area contributed by atoms with E-state index in [-0.39, 0.29) is 48.7 Å². The van der Waals surface area contributed by atoms with Crippen LogP contribution in [0, 0.1) is 5.92 Å². The molecule has 0 fully saturated rings. The lowest BCUT2D eigenvalue weighted by molar-refractivity contribution is -0.137. The normalized spacial score (nSPS) is 12.0. The van der Waals surface area contributed by atoms with Crippen molar-refractivity contribution in [2.75, 3.05) is 6.61 Å². The SMILES string of the molecule is CCOC(=O)/C=C/CC[C@H](NC(=O)c1ccoc1)C(=O)Cc1cccn(CC(=O)CCCC(C)C)c1=O. The van der Waals surface area contributed by atoms with E-state index in [2.05, 4.69) is 19.2 Å². The molecule has 2 heterocycles. The first-order valence-electron chi connectivity index (χ1n) is 12.6. The minimum atomic E-state index is -0.903. The van der Waals surface area contributed by atoms with E-state index < -0.39 is 23.5 Å². The molecule has 0 aliphatic carbocycles. The fourth-order valence-electron chi connectivity index (χ4n) is 3.71. The quantitative estimate of drug-likeness (QED) is 0.269. The van der Waals surface area contributed by atoms with Gasteiger partial charge in [-0.25, -0.2) is 4.79 Å². The number of aromatic nitrogens is 1. The number of hydrogen-bond donors (Lipinski definition) is 1. The van der Waals surface area contributed by atoms with Gasteiger partial charge in [0.05, 0.1) is 31.0 Å². The summed E-state index contributed by atoms with van der Waals surface area (Å²) in [7, 11) is 0. The third kappa shape index (κ3) is 10.4. The lowest BCUT2D eigenvalue weighted by Crippen LogP contribution is -2.42. The number of esters is 1. The molecule has 0 radical (unpaired) electrons. The highest BCUT2D eigenvalue weighted by Crippen LogP contribution is 2.09. The monoisotopic (exact) mass is 512 g/mol. The van der Waals surface area contributed by atoms with Crippen LogP contribution in [0.25, 0.3) is 0 Å². The average Bonchev–Trinajstić information content (AvgIpc) is 3.38. The number of amides is 1. The molecule has 200 valence electrons. The van der Waals surface area contributed by atoms with Crippen LogP contribution in [0.1, 0.15) is 68.8 Å². The van der Waals surface area contributed by atoms with Crippen LogP contribution in [0.15, 0.2) is 58.3 Å². The molecule has 0 unspecified atom stereocenters. The van der Waals surface area contributed by atoms with Crippen LogP contribution in [0.4, 0.5) is 0 Å². The number of allylic oxidation sites excluding steroid dienone is 1. The molecule has 0 spiro atoms. The van der Waals surface area contributed by atoms with Crippen molar-refractivity contribution in [1.29, 1.82) is 0 Å². The van der Waals surface area contributed by atoms with Gasteiger partial charge >= 0.3 is 5.97 Å². The predicted molar refractivity (Wildman–Crippen MR) is 138 cm³/mol. The van der Waals surface area contributed by atoms with Crippen molar-refractivity contribution in [2.24, 2.45) is 5.92 Å². The van der Waals surface area contributed by atoms with E-state index in [0.717, 1.165) is 12.8 Å². The molecule has 0 bridgehead atoms. The molecule has 9 nitrogen and oxygen atoms in total. The van der Waals surface area contributed by atoms with Crippen molar-refractivity contribution in [3.63, 3.8) is 0 Å². The molecule has 1 N–H and O–H groups in total. The molecule has 1 amide bonds. The summed E-state index contributed by atoms with van der Waals surface area (Å²) in [6.45, 7) is 6.10. The Bertz CT molecular complexity index is 1130. The van der Waals surface area contributed by atoms with Gasteiger partial charge in [0.2, 0.25) is 0 Å². The number of furan rings is 1. The number of carbonyl (C=O) groups excluding carboxylic acids is 4. The number of carbonyl (C=O) groups is 4. The second kappa shape index (κ2) is 15.4. The number of ether oxygens (including phenoxy) is 1.